The molecular formula is C8H14ClNO3. The molecule has 0 aromatic carbocycles. The van der Waals surface area contributed by atoms with E-state index in [1.165, 1.54) is 0 Å². The van der Waals surface area contributed by atoms with E-state index in [1.54, 1.807) is 0 Å². The topological polar surface area (TPSA) is 72.6 Å². The third kappa shape index (κ3) is 1.54. The minimum atomic E-state index is -0.965. The van der Waals surface area contributed by atoms with Crippen LogP contribution in [-0.4, -0.2) is 29.8 Å². The number of rotatable bonds is 1. The molecular weight excluding hydrogens is 194 g/mol. The first-order chi connectivity index (χ1) is 5.56. The molecule has 0 atom stereocenters. The van der Waals surface area contributed by atoms with Gasteiger partial charge in [-0.1, -0.05) is 0 Å². The van der Waals surface area contributed by atoms with Gasteiger partial charge < -0.3 is 15.6 Å². The van der Waals surface area contributed by atoms with E-state index in [9.17, 15) is 4.79 Å². The molecule has 0 aromatic heterocycles. The molecule has 2 fully saturated rings. The Hall–Kier alpha value is -0.320. The van der Waals surface area contributed by atoms with Gasteiger partial charge in [0.05, 0.1) is 6.61 Å². The van der Waals surface area contributed by atoms with Gasteiger partial charge >= 0.3 is 5.97 Å². The fourth-order valence-corrected chi connectivity index (χ4v) is 2.37. The van der Waals surface area contributed by atoms with E-state index in [-0.39, 0.29) is 17.8 Å². The number of ether oxygens (including phenoxy) is 1. The molecule has 1 aliphatic heterocycles. The molecule has 1 saturated heterocycles. The molecule has 0 unspecified atom stereocenters. The van der Waals surface area contributed by atoms with Crippen LogP contribution in [0.1, 0.15) is 19.3 Å². The zero-order valence-electron chi connectivity index (χ0n) is 7.28. The number of carboxylic acids is 1. The molecule has 1 spiro atoms. The summed E-state index contributed by atoms with van der Waals surface area (Å²) in [5.41, 5.74) is 4.78. The maximum absolute atomic E-state index is 10.7. The first-order valence-electron chi connectivity index (χ1n) is 4.17. The second-order valence-corrected chi connectivity index (χ2v) is 4.12. The predicted octanol–water partition coefficient (Wildman–Crippen LogP) is 0.391. The van der Waals surface area contributed by atoms with Crippen molar-refractivity contribution in [2.45, 2.75) is 24.8 Å². The summed E-state index contributed by atoms with van der Waals surface area (Å²) >= 11 is 0. The van der Waals surface area contributed by atoms with Gasteiger partial charge in [0.15, 0.2) is 0 Å². The average Bonchev–Trinajstić information content (AvgIpc) is 2.34. The number of nitrogens with two attached hydrogens (primary N) is 1. The summed E-state index contributed by atoms with van der Waals surface area (Å²) in [6.45, 7) is 1.45. The normalized spacial score (nSPS) is 42.5. The van der Waals surface area contributed by atoms with Crippen molar-refractivity contribution < 1.29 is 14.6 Å². The van der Waals surface area contributed by atoms with Crippen molar-refractivity contribution in [2.75, 3.05) is 13.2 Å². The number of hydrogen-bond donors (Lipinski definition) is 2. The van der Waals surface area contributed by atoms with E-state index in [0.29, 0.717) is 19.4 Å². The Bertz CT molecular complexity index is 217. The molecule has 2 aliphatic rings. The maximum Gasteiger partial charge on any atom is 0.323 e. The van der Waals surface area contributed by atoms with Gasteiger partial charge in [-0.3, -0.25) is 4.79 Å². The molecule has 3 N–H and O–H groups in total. The van der Waals surface area contributed by atoms with E-state index in [4.69, 9.17) is 15.6 Å². The molecule has 1 heterocycles. The largest absolute Gasteiger partial charge is 0.480 e. The molecule has 13 heavy (non-hydrogen) atoms. The van der Waals surface area contributed by atoms with Crippen molar-refractivity contribution in [3.63, 3.8) is 0 Å². The Kier molecular flexibility index (Phi) is 2.58. The van der Waals surface area contributed by atoms with Gasteiger partial charge in [-0.25, -0.2) is 0 Å². The highest BCUT2D eigenvalue weighted by Gasteiger charge is 2.58. The highest BCUT2D eigenvalue weighted by molar-refractivity contribution is 5.85. The molecule has 5 heteroatoms. The van der Waals surface area contributed by atoms with Crippen LogP contribution in [0.15, 0.2) is 0 Å². The van der Waals surface area contributed by atoms with Crippen LogP contribution in [0.2, 0.25) is 0 Å². The standard InChI is InChI=1S/C8H13NO3.ClH/c9-8(6(10)11)3-7(4-8)1-2-12-5-7;/h1-5,9H2,(H,10,11);1H. The van der Waals surface area contributed by atoms with Crippen molar-refractivity contribution in [3.05, 3.63) is 0 Å². The highest BCUT2D eigenvalue weighted by atomic mass is 35.5. The van der Waals surface area contributed by atoms with Crippen molar-refractivity contribution in [1.29, 1.82) is 0 Å². The van der Waals surface area contributed by atoms with Gasteiger partial charge in [-0.2, -0.15) is 0 Å². The summed E-state index contributed by atoms with van der Waals surface area (Å²) in [7, 11) is 0. The van der Waals surface area contributed by atoms with Crippen molar-refractivity contribution >= 4 is 18.4 Å². The van der Waals surface area contributed by atoms with E-state index in [0.717, 1.165) is 13.0 Å². The summed E-state index contributed by atoms with van der Waals surface area (Å²) in [5, 5.41) is 8.77. The SMILES string of the molecule is Cl.NC1(C(=O)O)CC2(CCOC2)C1. The lowest BCUT2D eigenvalue weighted by molar-refractivity contribution is -0.153. The minimum Gasteiger partial charge on any atom is -0.480 e. The van der Waals surface area contributed by atoms with Gasteiger partial charge in [0.25, 0.3) is 0 Å². The third-order valence-corrected chi connectivity index (χ3v) is 2.99. The summed E-state index contributed by atoms with van der Waals surface area (Å²) in [6, 6.07) is 0. The second-order valence-electron chi connectivity index (χ2n) is 4.12. The first-order valence-corrected chi connectivity index (χ1v) is 4.17. The predicted molar refractivity (Wildman–Crippen MR) is 48.9 cm³/mol. The van der Waals surface area contributed by atoms with Crippen molar-refractivity contribution in [1.82, 2.24) is 0 Å². The van der Waals surface area contributed by atoms with E-state index in [2.05, 4.69) is 0 Å². The molecule has 0 bridgehead atoms. The zero-order chi connectivity index (χ0) is 8.82. The molecule has 0 aromatic rings. The van der Waals surface area contributed by atoms with Crippen LogP contribution in [0.4, 0.5) is 0 Å². The van der Waals surface area contributed by atoms with Gasteiger partial charge in [0, 0.05) is 12.0 Å². The lowest BCUT2D eigenvalue weighted by Crippen LogP contribution is -2.63. The zero-order valence-corrected chi connectivity index (χ0v) is 8.10. The number of carboxylic acid groups (broad SMARTS) is 1. The first kappa shape index (κ1) is 10.8. The minimum absolute atomic E-state index is 0. The Morgan fingerprint density at radius 1 is 1.46 bits per heavy atom. The number of aliphatic carboxylic acids is 1. The molecule has 0 amide bonds. The van der Waals surface area contributed by atoms with Crippen LogP contribution in [0, 0.1) is 5.41 Å². The van der Waals surface area contributed by atoms with Gasteiger partial charge in [-0.05, 0) is 19.3 Å². The summed E-state index contributed by atoms with van der Waals surface area (Å²) < 4.78 is 5.23. The lowest BCUT2D eigenvalue weighted by atomic mass is 9.57. The number of carbonyl (C=O) groups is 1. The summed E-state index contributed by atoms with van der Waals surface area (Å²) in [6.07, 6.45) is 2.13. The van der Waals surface area contributed by atoms with Crippen LogP contribution in [0.25, 0.3) is 0 Å². The summed E-state index contributed by atoms with van der Waals surface area (Å²) in [4.78, 5) is 10.7. The van der Waals surface area contributed by atoms with E-state index < -0.39 is 11.5 Å². The fraction of sp³-hybridized carbons (Fsp3) is 0.875. The molecule has 0 radical (unpaired) electrons. The molecule has 1 saturated carbocycles. The van der Waals surface area contributed by atoms with Gasteiger partial charge in [0.2, 0.25) is 0 Å². The van der Waals surface area contributed by atoms with Crippen LogP contribution in [0.5, 0.6) is 0 Å². The van der Waals surface area contributed by atoms with E-state index in [1.807, 2.05) is 0 Å². The smallest absolute Gasteiger partial charge is 0.323 e. The van der Waals surface area contributed by atoms with Crippen LogP contribution < -0.4 is 5.73 Å². The lowest BCUT2D eigenvalue weighted by Gasteiger charge is -2.49. The van der Waals surface area contributed by atoms with E-state index >= 15 is 0 Å². The van der Waals surface area contributed by atoms with Crippen molar-refractivity contribution in [3.8, 4) is 0 Å². The second kappa shape index (κ2) is 3.12. The summed E-state index contributed by atoms with van der Waals surface area (Å²) in [5.74, 6) is -0.875. The highest BCUT2D eigenvalue weighted by Crippen LogP contribution is 2.52. The number of hydrogen-bond acceptors (Lipinski definition) is 3. The Morgan fingerprint density at radius 2 is 2.08 bits per heavy atom. The Labute approximate surface area is 82.8 Å². The molecule has 4 nitrogen and oxygen atoms in total. The third-order valence-electron chi connectivity index (χ3n) is 2.99. The molecule has 76 valence electrons. The fourth-order valence-electron chi connectivity index (χ4n) is 2.37. The maximum atomic E-state index is 10.7. The van der Waals surface area contributed by atoms with Crippen LogP contribution >= 0.6 is 12.4 Å². The molecule has 2 rings (SSSR count). The van der Waals surface area contributed by atoms with Gasteiger partial charge in [0.1, 0.15) is 5.54 Å². The van der Waals surface area contributed by atoms with Gasteiger partial charge in [-0.15, -0.1) is 12.4 Å². The Morgan fingerprint density at radius 3 is 2.46 bits per heavy atom. The quantitative estimate of drug-likeness (QED) is 0.653. The monoisotopic (exact) mass is 207 g/mol. The van der Waals surface area contributed by atoms with Crippen LogP contribution in [0.3, 0.4) is 0 Å². The Balaban J connectivity index is 0.000000845. The average molecular weight is 208 g/mol. The number of halogens is 1. The van der Waals surface area contributed by atoms with Crippen molar-refractivity contribution in [2.24, 2.45) is 11.1 Å². The van der Waals surface area contributed by atoms with Crippen LogP contribution in [-0.2, 0) is 9.53 Å². The molecule has 1 aliphatic carbocycles.